The van der Waals surface area contributed by atoms with Gasteiger partial charge in [-0.25, -0.2) is 0 Å². The Morgan fingerprint density at radius 1 is 1.29 bits per heavy atom. The normalized spacial score (nSPS) is 21.0. The standard InChI is InChI=1S/C12H25NO/c1-3-11(2)13-9-10-14-12-7-5-4-6-8-12/h11-13H,3-10H2,1-2H3. The summed E-state index contributed by atoms with van der Waals surface area (Å²) in [6.07, 6.45) is 8.45. The molecule has 0 aromatic rings. The van der Waals surface area contributed by atoms with E-state index in [1.54, 1.807) is 0 Å². The number of rotatable bonds is 6. The molecule has 0 heterocycles. The highest BCUT2D eigenvalue weighted by Gasteiger charge is 2.12. The Labute approximate surface area is 88.4 Å². The summed E-state index contributed by atoms with van der Waals surface area (Å²) >= 11 is 0. The van der Waals surface area contributed by atoms with Crippen LogP contribution >= 0.6 is 0 Å². The maximum Gasteiger partial charge on any atom is 0.0594 e. The summed E-state index contributed by atoms with van der Waals surface area (Å²) in [7, 11) is 0. The molecule has 0 saturated heterocycles. The molecule has 1 aliphatic carbocycles. The molecule has 1 fully saturated rings. The summed E-state index contributed by atoms with van der Waals surface area (Å²) in [4.78, 5) is 0. The van der Waals surface area contributed by atoms with Gasteiger partial charge in [-0.3, -0.25) is 0 Å². The number of ether oxygens (including phenoxy) is 1. The van der Waals surface area contributed by atoms with Gasteiger partial charge >= 0.3 is 0 Å². The fourth-order valence-corrected chi connectivity index (χ4v) is 1.91. The average Bonchev–Trinajstić information content (AvgIpc) is 2.25. The molecule has 0 radical (unpaired) electrons. The summed E-state index contributed by atoms with van der Waals surface area (Å²) in [5.41, 5.74) is 0. The minimum Gasteiger partial charge on any atom is -0.377 e. The highest BCUT2D eigenvalue weighted by atomic mass is 16.5. The van der Waals surface area contributed by atoms with Crippen LogP contribution < -0.4 is 5.32 Å². The molecule has 0 aromatic carbocycles. The Morgan fingerprint density at radius 2 is 2.00 bits per heavy atom. The second-order valence-electron chi connectivity index (χ2n) is 4.39. The quantitative estimate of drug-likeness (QED) is 0.664. The SMILES string of the molecule is CCC(C)NCCOC1CCCCC1. The predicted octanol–water partition coefficient (Wildman–Crippen LogP) is 2.72. The van der Waals surface area contributed by atoms with Crippen LogP contribution in [-0.2, 0) is 4.74 Å². The minimum atomic E-state index is 0.558. The Morgan fingerprint density at radius 3 is 2.64 bits per heavy atom. The van der Waals surface area contributed by atoms with Crippen molar-refractivity contribution in [3.05, 3.63) is 0 Å². The molecule has 2 nitrogen and oxygen atoms in total. The Hall–Kier alpha value is -0.0800. The maximum absolute atomic E-state index is 5.82. The van der Waals surface area contributed by atoms with E-state index >= 15 is 0 Å². The molecule has 14 heavy (non-hydrogen) atoms. The lowest BCUT2D eigenvalue weighted by Gasteiger charge is -2.22. The van der Waals surface area contributed by atoms with Gasteiger partial charge in [-0.05, 0) is 26.2 Å². The van der Waals surface area contributed by atoms with E-state index in [0.717, 1.165) is 13.2 Å². The summed E-state index contributed by atoms with van der Waals surface area (Å²) in [5, 5.41) is 3.45. The molecule has 0 amide bonds. The average molecular weight is 199 g/mol. The van der Waals surface area contributed by atoms with Crippen molar-refractivity contribution < 1.29 is 4.74 Å². The molecule has 1 N–H and O–H groups in total. The largest absolute Gasteiger partial charge is 0.377 e. The van der Waals surface area contributed by atoms with Gasteiger partial charge < -0.3 is 10.1 Å². The fourth-order valence-electron chi connectivity index (χ4n) is 1.91. The van der Waals surface area contributed by atoms with Crippen molar-refractivity contribution in [2.75, 3.05) is 13.2 Å². The van der Waals surface area contributed by atoms with Gasteiger partial charge in [0.25, 0.3) is 0 Å². The van der Waals surface area contributed by atoms with Gasteiger partial charge in [-0.1, -0.05) is 26.2 Å². The van der Waals surface area contributed by atoms with Crippen LogP contribution in [0, 0.1) is 0 Å². The first-order chi connectivity index (χ1) is 6.83. The van der Waals surface area contributed by atoms with E-state index < -0.39 is 0 Å². The van der Waals surface area contributed by atoms with Crippen LogP contribution in [0.5, 0.6) is 0 Å². The van der Waals surface area contributed by atoms with Crippen molar-refractivity contribution in [1.29, 1.82) is 0 Å². The minimum absolute atomic E-state index is 0.558. The zero-order chi connectivity index (χ0) is 10.2. The van der Waals surface area contributed by atoms with Crippen molar-refractivity contribution in [1.82, 2.24) is 5.32 Å². The molecular weight excluding hydrogens is 174 g/mol. The molecule has 1 unspecified atom stereocenters. The van der Waals surface area contributed by atoms with E-state index in [1.165, 1.54) is 38.5 Å². The molecule has 1 aliphatic rings. The summed E-state index contributed by atoms with van der Waals surface area (Å²) in [5.74, 6) is 0. The fraction of sp³-hybridized carbons (Fsp3) is 1.00. The molecular formula is C12H25NO. The first-order valence-corrected chi connectivity index (χ1v) is 6.18. The van der Waals surface area contributed by atoms with Gasteiger partial charge in [-0.2, -0.15) is 0 Å². The monoisotopic (exact) mass is 199 g/mol. The van der Waals surface area contributed by atoms with Crippen LogP contribution in [0.25, 0.3) is 0 Å². The topological polar surface area (TPSA) is 21.3 Å². The molecule has 0 spiro atoms. The van der Waals surface area contributed by atoms with Crippen molar-refractivity contribution in [2.24, 2.45) is 0 Å². The van der Waals surface area contributed by atoms with Crippen LogP contribution in [-0.4, -0.2) is 25.3 Å². The van der Waals surface area contributed by atoms with Crippen LogP contribution in [0.2, 0.25) is 0 Å². The van der Waals surface area contributed by atoms with Gasteiger partial charge in [0.2, 0.25) is 0 Å². The van der Waals surface area contributed by atoms with Gasteiger partial charge in [-0.15, -0.1) is 0 Å². The van der Waals surface area contributed by atoms with E-state index in [2.05, 4.69) is 19.2 Å². The second-order valence-corrected chi connectivity index (χ2v) is 4.39. The molecule has 1 saturated carbocycles. The number of nitrogens with one attached hydrogen (secondary N) is 1. The molecule has 84 valence electrons. The predicted molar refractivity (Wildman–Crippen MR) is 60.6 cm³/mol. The van der Waals surface area contributed by atoms with E-state index in [-0.39, 0.29) is 0 Å². The highest BCUT2D eigenvalue weighted by molar-refractivity contribution is 4.65. The molecule has 1 atom stereocenters. The van der Waals surface area contributed by atoms with E-state index in [9.17, 15) is 0 Å². The zero-order valence-electron chi connectivity index (χ0n) is 9.72. The summed E-state index contributed by atoms with van der Waals surface area (Å²) < 4.78 is 5.82. The lowest BCUT2D eigenvalue weighted by Crippen LogP contribution is -2.30. The van der Waals surface area contributed by atoms with E-state index in [0.29, 0.717) is 12.1 Å². The van der Waals surface area contributed by atoms with Gasteiger partial charge in [0.15, 0.2) is 0 Å². The molecule has 0 aromatic heterocycles. The van der Waals surface area contributed by atoms with Gasteiger partial charge in [0.1, 0.15) is 0 Å². The maximum atomic E-state index is 5.82. The van der Waals surface area contributed by atoms with Crippen molar-refractivity contribution in [2.45, 2.75) is 64.5 Å². The molecule has 0 bridgehead atoms. The third-order valence-corrected chi connectivity index (χ3v) is 3.11. The van der Waals surface area contributed by atoms with Crippen LogP contribution in [0.3, 0.4) is 0 Å². The zero-order valence-corrected chi connectivity index (χ0v) is 9.72. The van der Waals surface area contributed by atoms with E-state index in [4.69, 9.17) is 4.74 Å². The van der Waals surface area contributed by atoms with Gasteiger partial charge in [0.05, 0.1) is 12.7 Å². The first kappa shape index (κ1) is 12.0. The van der Waals surface area contributed by atoms with Crippen LogP contribution in [0.15, 0.2) is 0 Å². The third kappa shape index (κ3) is 4.97. The van der Waals surface area contributed by atoms with Crippen LogP contribution in [0.1, 0.15) is 52.4 Å². The van der Waals surface area contributed by atoms with Gasteiger partial charge in [0, 0.05) is 12.6 Å². The molecule has 0 aliphatic heterocycles. The van der Waals surface area contributed by atoms with E-state index in [1.807, 2.05) is 0 Å². The van der Waals surface area contributed by atoms with Crippen molar-refractivity contribution >= 4 is 0 Å². The third-order valence-electron chi connectivity index (χ3n) is 3.11. The number of hydrogen-bond acceptors (Lipinski definition) is 2. The van der Waals surface area contributed by atoms with Crippen molar-refractivity contribution in [3.8, 4) is 0 Å². The Kier molecular flexibility index (Phi) is 6.20. The number of hydrogen-bond donors (Lipinski definition) is 1. The Balaban J connectivity index is 1.92. The summed E-state index contributed by atoms with van der Waals surface area (Å²) in [6.45, 7) is 6.32. The second kappa shape index (κ2) is 7.24. The highest BCUT2D eigenvalue weighted by Crippen LogP contribution is 2.19. The Bertz CT molecular complexity index is 132. The molecule has 1 rings (SSSR count). The summed E-state index contributed by atoms with van der Waals surface area (Å²) in [6, 6.07) is 0.630. The van der Waals surface area contributed by atoms with Crippen molar-refractivity contribution in [3.63, 3.8) is 0 Å². The van der Waals surface area contributed by atoms with Crippen LogP contribution in [0.4, 0.5) is 0 Å². The first-order valence-electron chi connectivity index (χ1n) is 6.18. The smallest absolute Gasteiger partial charge is 0.0594 e. The lowest BCUT2D eigenvalue weighted by atomic mass is 9.98. The molecule has 2 heteroatoms. The lowest BCUT2D eigenvalue weighted by molar-refractivity contribution is 0.0295.